The number of rotatable bonds is 1. The molecule has 3 heterocycles. The molecule has 0 saturated carbocycles. The van der Waals surface area contributed by atoms with E-state index in [2.05, 4.69) is 15.3 Å². The Morgan fingerprint density at radius 2 is 2.13 bits per heavy atom. The molecule has 1 amide bonds. The summed E-state index contributed by atoms with van der Waals surface area (Å²) in [5, 5.41) is 3.36. The van der Waals surface area contributed by atoms with Gasteiger partial charge in [-0.05, 0) is 11.8 Å². The number of hydrogen-bond donors (Lipinski definition) is 2. The monoisotopic (exact) mass is 206 g/mol. The zero-order valence-electron chi connectivity index (χ0n) is 8.44. The number of hydrogen-bond acceptors (Lipinski definition) is 3. The van der Waals surface area contributed by atoms with Crippen molar-refractivity contribution in [3.8, 4) is 0 Å². The summed E-state index contributed by atoms with van der Waals surface area (Å²) in [6.45, 7) is 3.87. The number of amides is 1. The molecular weight excluding hydrogens is 192 g/mol. The first kappa shape index (κ1) is 8.91. The van der Waals surface area contributed by atoms with Crippen LogP contribution in [0.25, 0.3) is 0 Å². The lowest BCUT2D eigenvalue weighted by molar-refractivity contribution is 0.0776. The zero-order valence-corrected chi connectivity index (χ0v) is 8.44. The second-order valence-corrected chi connectivity index (χ2v) is 4.35. The molecule has 5 nitrogen and oxygen atoms in total. The molecular formula is C10H14N4O. The third kappa shape index (κ3) is 1.43. The van der Waals surface area contributed by atoms with Gasteiger partial charge in [0.15, 0.2) is 0 Å². The number of nitrogens with zero attached hydrogens (tertiary/aromatic N) is 2. The van der Waals surface area contributed by atoms with E-state index in [0.29, 0.717) is 17.5 Å². The number of aromatic nitrogens is 2. The van der Waals surface area contributed by atoms with E-state index in [0.717, 1.165) is 26.2 Å². The largest absolute Gasteiger partial charge is 0.341 e. The van der Waals surface area contributed by atoms with Crippen molar-refractivity contribution >= 4 is 5.91 Å². The molecule has 0 aliphatic carbocycles. The van der Waals surface area contributed by atoms with Crippen molar-refractivity contribution in [1.82, 2.24) is 20.2 Å². The lowest BCUT2D eigenvalue weighted by Gasteiger charge is -2.16. The van der Waals surface area contributed by atoms with Crippen molar-refractivity contribution in [3.63, 3.8) is 0 Å². The van der Waals surface area contributed by atoms with Crippen LogP contribution in [0.3, 0.4) is 0 Å². The molecule has 1 aromatic heterocycles. The van der Waals surface area contributed by atoms with Crippen molar-refractivity contribution in [2.45, 2.75) is 0 Å². The van der Waals surface area contributed by atoms with Gasteiger partial charge in [-0.1, -0.05) is 0 Å². The van der Waals surface area contributed by atoms with Crippen LogP contribution in [0.1, 0.15) is 10.5 Å². The molecule has 2 aliphatic rings. The van der Waals surface area contributed by atoms with Gasteiger partial charge in [0, 0.05) is 26.2 Å². The van der Waals surface area contributed by atoms with Crippen molar-refractivity contribution in [2.75, 3.05) is 26.2 Å². The first-order chi connectivity index (χ1) is 7.34. The Balaban J connectivity index is 1.72. The summed E-state index contributed by atoms with van der Waals surface area (Å²) in [4.78, 5) is 20.6. The minimum Gasteiger partial charge on any atom is -0.341 e. The molecule has 2 fully saturated rings. The molecule has 2 aliphatic heterocycles. The topological polar surface area (TPSA) is 61.0 Å². The molecule has 0 radical (unpaired) electrons. The Morgan fingerprint density at radius 3 is 2.73 bits per heavy atom. The maximum atomic E-state index is 12.0. The fraction of sp³-hybridized carbons (Fsp3) is 0.600. The molecule has 3 rings (SSSR count). The highest BCUT2D eigenvalue weighted by Crippen LogP contribution is 2.26. The number of nitrogens with one attached hydrogen (secondary N) is 2. The van der Waals surface area contributed by atoms with Gasteiger partial charge in [-0.15, -0.1) is 0 Å². The van der Waals surface area contributed by atoms with Crippen molar-refractivity contribution in [2.24, 2.45) is 11.8 Å². The summed E-state index contributed by atoms with van der Waals surface area (Å²) in [5.41, 5.74) is 0.600. The van der Waals surface area contributed by atoms with E-state index >= 15 is 0 Å². The molecule has 1 aromatic rings. The predicted molar refractivity (Wildman–Crippen MR) is 54.3 cm³/mol. The third-order valence-electron chi connectivity index (χ3n) is 3.41. The Bertz CT molecular complexity index is 350. The Labute approximate surface area is 87.9 Å². The van der Waals surface area contributed by atoms with Gasteiger partial charge in [0.05, 0.1) is 12.5 Å². The van der Waals surface area contributed by atoms with E-state index in [-0.39, 0.29) is 5.91 Å². The average Bonchev–Trinajstić information content (AvgIpc) is 2.92. The van der Waals surface area contributed by atoms with Gasteiger partial charge < -0.3 is 15.2 Å². The van der Waals surface area contributed by atoms with Crippen molar-refractivity contribution in [3.05, 3.63) is 18.2 Å². The van der Waals surface area contributed by atoms with Crippen molar-refractivity contribution in [1.29, 1.82) is 0 Å². The van der Waals surface area contributed by atoms with E-state index in [1.165, 1.54) is 0 Å². The summed E-state index contributed by atoms with van der Waals surface area (Å²) >= 11 is 0. The predicted octanol–water partition coefficient (Wildman–Crippen LogP) is -0.299. The van der Waals surface area contributed by atoms with Crippen LogP contribution >= 0.6 is 0 Å². The highest BCUT2D eigenvalue weighted by Gasteiger charge is 2.38. The number of likely N-dealkylation sites (tertiary alicyclic amines) is 1. The first-order valence-electron chi connectivity index (χ1n) is 5.33. The van der Waals surface area contributed by atoms with E-state index in [1.54, 1.807) is 12.5 Å². The number of aromatic amines is 1. The molecule has 0 bridgehead atoms. The Morgan fingerprint density at radius 1 is 1.40 bits per heavy atom. The Hall–Kier alpha value is -1.36. The maximum absolute atomic E-state index is 12.0. The third-order valence-corrected chi connectivity index (χ3v) is 3.41. The van der Waals surface area contributed by atoms with Crippen LogP contribution in [-0.2, 0) is 0 Å². The van der Waals surface area contributed by atoms with Gasteiger partial charge in [0.1, 0.15) is 5.69 Å². The van der Waals surface area contributed by atoms with Crippen LogP contribution in [-0.4, -0.2) is 47.0 Å². The van der Waals surface area contributed by atoms with Gasteiger partial charge in [-0.25, -0.2) is 4.98 Å². The summed E-state index contributed by atoms with van der Waals surface area (Å²) < 4.78 is 0. The zero-order chi connectivity index (χ0) is 10.3. The second-order valence-electron chi connectivity index (χ2n) is 4.35. The average molecular weight is 206 g/mol. The molecule has 2 saturated heterocycles. The highest BCUT2D eigenvalue weighted by molar-refractivity contribution is 5.92. The smallest absolute Gasteiger partial charge is 0.271 e. The van der Waals surface area contributed by atoms with Crippen LogP contribution in [0.15, 0.2) is 12.5 Å². The van der Waals surface area contributed by atoms with Gasteiger partial charge in [-0.2, -0.15) is 0 Å². The normalized spacial score (nSPS) is 29.5. The lowest BCUT2D eigenvalue weighted by atomic mass is 10.0. The molecule has 0 spiro atoms. The van der Waals surface area contributed by atoms with E-state index in [9.17, 15) is 4.79 Å². The molecule has 15 heavy (non-hydrogen) atoms. The number of H-pyrrole nitrogens is 1. The lowest BCUT2D eigenvalue weighted by Crippen LogP contribution is -2.32. The number of imidazole rings is 1. The van der Waals surface area contributed by atoms with Gasteiger partial charge in [0.25, 0.3) is 5.91 Å². The van der Waals surface area contributed by atoms with Crippen LogP contribution in [0.2, 0.25) is 0 Å². The number of carbonyl (C=O) groups is 1. The van der Waals surface area contributed by atoms with Crippen molar-refractivity contribution < 1.29 is 4.79 Å². The molecule has 0 aromatic carbocycles. The first-order valence-corrected chi connectivity index (χ1v) is 5.33. The molecule has 2 atom stereocenters. The van der Waals surface area contributed by atoms with Gasteiger partial charge in [0.2, 0.25) is 0 Å². The van der Waals surface area contributed by atoms with E-state index < -0.39 is 0 Å². The minimum atomic E-state index is 0.0851. The van der Waals surface area contributed by atoms with Crippen LogP contribution in [0.4, 0.5) is 0 Å². The molecule has 2 N–H and O–H groups in total. The molecule has 5 heteroatoms. The van der Waals surface area contributed by atoms with Crippen LogP contribution in [0, 0.1) is 11.8 Å². The fourth-order valence-electron chi connectivity index (χ4n) is 2.56. The van der Waals surface area contributed by atoms with E-state index in [4.69, 9.17) is 0 Å². The number of fused-ring (bicyclic) bond motifs is 1. The highest BCUT2D eigenvalue weighted by atomic mass is 16.2. The molecule has 80 valence electrons. The summed E-state index contributed by atoms with van der Waals surface area (Å²) in [7, 11) is 0. The quantitative estimate of drug-likeness (QED) is 0.663. The second kappa shape index (κ2) is 3.34. The van der Waals surface area contributed by atoms with Gasteiger partial charge in [-0.3, -0.25) is 4.79 Å². The van der Waals surface area contributed by atoms with Gasteiger partial charge >= 0.3 is 0 Å². The summed E-state index contributed by atoms with van der Waals surface area (Å²) in [6, 6.07) is 0. The van der Waals surface area contributed by atoms with Crippen LogP contribution in [0.5, 0.6) is 0 Å². The van der Waals surface area contributed by atoms with E-state index in [1.807, 2.05) is 4.90 Å². The molecule has 0 unspecified atom stereocenters. The summed E-state index contributed by atoms with van der Waals surface area (Å²) in [5.74, 6) is 1.38. The SMILES string of the molecule is O=C(c1cnc[nH]1)N1C[C@H]2CNC[C@H]2C1. The fourth-order valence-corrected chi connectivity index (χ4v) is 2.56. The minimum absolute atomic E-state index is 0.0851. The number of carbonyl (C=O) groups excluding carboxylic acids is 1. The standard InChI is InChI=1S/C10H14N4O/c15-10(9-3-12-6-13-9)14-4-7-1-11-2-8(7)5-14/h3,6-8,11H,1-2,4-5H2,(H,12,13)/t7-,8+. The maximum Gasteiger partial charge on any atom is 0.271 e. The summed E-state index contributed by atoms with van der Waals surface area (Å²) in [6.07, 6.45) is 3.14. The van der Waals surface area contributed by atoms with Crippen LogP contribution < -0.4 is 5.32 Å². The Kier molecular flexibility index (Phi) is 1.98.